The fourth-order valence-corrected chi connectivity index (χ4v) is 2.12. The van der Waals surface area contributed by atoms with Crippen LogP contribution in [0.25, 0.3) is 0 Å². The van der Waals surface area contributed by atoms with Gasteiger partial charge in [-0.15, -0.1) is 0 Å². The van der Waals surface area contributed by atoms with Crippen LogP contribution in [-0.2, 0) is 11.2 Å². The largest absolute Gasteiger partial charge is 0.340 e. The highest BCUT2D eigenvalue weighted by Crippen LogP contribution is 2.14. The Morgan fingerprint density at radius 1 is 1.44 bits per heavy atom. The van der Waals surface area contributed by atoms with Crippen molar-refractivity contribution < 1.29 is 13.6 Å². The molecule has 0 saturated carbocycles. The van der Waals surface area contributed by atoms with Crippen LogP contribution in [0, 0.1) is 11.6 Å². The quantitative estimate of drug-likeness (QED) is 0.863. The standard InChI is InChI=1S/C13H16F2N2O/c1-9-8-17(6-5-16-9)13(18)7-10-11(14)3-2-4-12(10)15/h2-4,9,16H,5-8H2,1H3/t9-/m0/s1. The van der Waals surface area contributed by atoms with Crippen LogP contribution in [0.1, 0.15) is 12.5 Å². The van der Waals surface area contributed by atoms with Gasteiger partial charge in [-0.2, -0.15) is 0 Å². The van der Waals surface area contributed by atoms with Crippen molar-refractivity contribution in [2.24, 2.45) is 0 Å². The molecule has 1 aliphatic rings. The molecule has 1 atom stereocenters. The average Bonchev–Trinajstić information content (AvgIpc) is 2.34. The molecule has 0 spiro atoms. The molecule has 98 valence electrons. The van der Waals surface area contributed by atoms with Crippen molar-refractivity contribution in [1.29, 1.82) is 0 Å². The molecule has 1 heterocycles. The van der Waals surface area contributed by atoms with Crippen LogP contribution in [0.2, 0.25) is 0 Å². The van der Waals surface area contributed by atoms with Gasteiger partial charge in [0, 0.05) is 31.2 Å². The maximum absolute atomic E-state index is 13.4. The number of halogens is 2. The second kappa shape index (κ2) is 5.44. The molecule has 1 aliphatic heterocycles. The third-order valence-electron chi connectivity index (χ3n) is 3.11. The van der Waals surface area contributed by atoms with E-state index in [1.165, 1.54) is 18.2 Å². The van der Waals surface area contributed by atoms with Crippen LogP contribution >= 0.6 is 0 Å². The smallest absolute Gasteiger partial charge is 0.227 e. The van der Waals surface area contributed by atoms with Crippen LogP contribution in [0.15, 0.2) is 18.2 Å². The summed E-state index contributed by atoms with van der Waals surface area (Å²) in [6.07, 6.45) is -0.217. The number of benzene rings is 1. The molecule has 0 radical (unpaired) electrons. The first-order valence-electron chi connectivity index (χ1n) is 6.02. The Kier molecular flexibility index (Phi) is 3.91. The van der Waals surface area contributed by atoms with Gasteiger partial charge < -0.3 is 10.2 Å². The molecule has 0 unspecified atom stereocenters. The zero-order chi connectivity index (χ0) is 13.1. The first-order chi connectivity index (χ1) is 8.58. The summed E-state index contributed by atoms with van der Waals surface area (Å²) in [7, 11) is 0. The predicted molar refractivity (Wildman–Crippen MR) is 64.1 cm³/mol. The fourth-order valence-electron chi connectivity index (χ4n) is 2.12. The van der Waals surface area contributed by atoms with Crippen molar-refractivity contribution in [2.45, 2.75) is 19.4 Å². The van der Waals surface area contributed by atoms with E-state index in [4.69, 9.17) is 0 Å². The van der Waals surface area contributed by atoms with Crippen molar-refractivity contribution in [3.8, 4) is 0 Å². The number of rotatable bonds is 2. The second-order valence-electron chi connectivity index (χ2n) is 4.57. The maximum Gasteiger partial charge on any atom is 0.227 e. The Hall–Kier alpha value is -1.49. The predicted octanol–water partition coefficient (Wildman–Crippen LogP) is 1.33. The van der Waals surface area contributed by atoms with Gasteiger partial charge in [0.1, 0.15) is 11.6 Å². The molecule has 1 saturated heterocycles. The Morgan fingerprint density at radius 3 is 2.72 bits per heavy atom. The van der Waals surface area contributed by atoms with Crippen LogP contribution in [-0.4, -0.2) is 36.5 Å². The molecule has 1 amide bonds. The topological polar surface area (TPSA) is 32.3 Å². The minimum Gasteiger partial charge on any atom is -0.340 e. The van der Waals surface area contributed by atoms with E-state index in [9.17, 15) is 13.6 Å². The van der Waals surface area contributed by atoms with E-state index in [1.807, 2.05) is 6.92 Å². The van der Waals surface area contributed by atoms with Crippen LogP contribution in [0.5, 0.6) is 0 Å². The normalized spacial score (nSPS) is 19.9. The highest BCUT2D eigenvalue weighted by Gasteiger charge is 2.22. The number of amides is 1. The Morgan fingerprint density at radius 2 is 2.11 bits per heavy atom. The van der Waals surface area contributed by atoms with E-state index >= 15 is 0 Å². The summed E-state index contributed by atoms with van der Waals surface area (Å²) in [5, 5.41) is 3.21. The summed E-state index contributed by atoms with van der Waals surface area (Å²) < 4.78 is 26.9. The first kappa shape index (κ1) is 13.0. The highest BCUT2D eigenvalue weighted by molar-refractivity contribution is 5.79. The van der Waals surface area contributed by atoms with E-state index in [1.54, 1.807) is 4.90 Å². The summed E-state index contributed by atoms with van der Waals surface area (Å²) >= 11 is 0. The Labute approximate surface area is 105 Å². The van der Waals surface area contributed by atoms with Crippen molar-refractivity contribution >= 4 is 5.91 Å². The lowest BCUT2D eigenvalue weighted by Gasteiger charge is -2.32. The number of nitrogens with one attached hydrogen (secondary N) is 1. The zero-order valence-electron chi connectivity index (χ0n) is 10.2. The third-order valence-corrected chi connectivity index (χ3v) is 3.11. The summed E-state index contributed by atoms with van der Waals surface area (Å²) in [5.74, 6) is -1.55. The van der Waals surface area contributed by atoms with Gasteiger partial charge in [-0.3, -0.25) is 4.79 Å². The van der Waals surface area contributed by atoms with Gasteiger partial charge in [0.2, 0.25) is 5.91 Å². The van der Waals surface area contributed by atoms with E-state index < -0.39 is 11.6 Å². The molecule has 1 fully saturated rings. The van der Waals surface area contributed by atoms with Gasteiger partial charge in [0.25, 0.3) is 0 Å². The number of carbonyl (C=O) groups excluding carboxylic acids is 1. The number of hydrogen-bond acceptors (Lipinski definition) is 2. The minimum absolute atomic E-state index is 0.145. The zero-order valence-corrected chi connectivity index (χ0v) is 10.2. The molecule has 1 N–H and O–H groups in total. The number of hydrogen-bond donors (Lipinski definition) is 1. The van der Waals surface area contributed by atoms with Gasteiger partial charge in [0.05, 0.1) is 6.42 Å². The molecule has 1 aromatic rings. The van der Waals surface area contributed by atoms with Crippen LogP contribution in [0.4, 0.5) is 8.78 Å². The number of piperazine rings is 1. The lowest BCUT2D eigenvalue weighted by Crippen LogP contribution is -2.51. The van der Waals surface area contributed by atoms with Crippen molar-refractivity contribution in [3.05, 3.63) is 35.4 Å². The lowest BCUT2D eigenvalue weighted by atomic mass is 10.1. The summed E-state index contributed by atoms with van der Waals surface area (Å²) in [4.78, 5) is 13.6. The van der Waals surface area contributed by atoms with E-state index in [0.29, 0.717) is 19.6 Å². The van der Waals surface area contributed by atoms with Crippen LogP contribution < -0.4 is 5.32 Å². The number of carbonyl (C=O) groups is 1. The van der Waals surface area contributed by atoms with Crippen molar-refractivity contribution in [2.75, 3.05) is 19.6 Å². The molecular weight excluding hydrogens is 238 g/mol. The first-order valence-corrected chi connectivity index (χ1v) is 6.02. The minimum atomic E-state index is -0.661. The molecule has 2 rings (SSSR count). The average molecular weight is 254 g/mol. The molecule has 3 nitrogen and oxygen atoms in total. The summed E-state index contributed by atoms with van der Waals surface area (Å²) in [6.45, 7) is 3.85. The van der Waals surface area contributed by atoms with Gasteiger partial charge in [-0.05, 0) is 19.1 Å². The molecule has 0 aliphatic carbocycles. The lowest BCUT2D eigenvalue weighted by molar-refractivity contribution is -0.131. The molecule has 5 heteroatoms. The van der Waals surface area contributed by atoms with Crippen molar-refractivity contribution in [3.63, 3.8) is 0 Å². The summed E-state index contributed by atoms with van der Waals surface area (Å²) in [5.41, 5.74) is -0.145. The van der Waals surface area contributed by atoms with Gasteiger partial charge >= 0.3 is 0 Å². The summed E-state index contributed by atoms with van der Waals surface area (Å²) in [6, 6.07) is 3.86. The van der Waals surface area contributed by atoms with Crippen LogP contribution in [0.3, 0.4) is 0 Å². The second-order valence-corrected chi connectivity index (χ2v) is 4.57. The van der Waals surface area contributed by atoms with E-state index in [-0.39, 0.29) is 23.9 Å². The Bertz CT molecular complexity index is 430. The highest BCUT2D eigenvalue weighted by atomic mass is 19.1. The molecule has 18 heavy (non-hydrogen) atoms. The number of nitrogens with zero attached hydrogens (tertiary/aromatic N) is 1. The van der Waals surface area contributed by atoms with Crippen molar-refractivity contribution in [1.82, 2.24) is 10.2 Å². The van der Waals surface area contributed by atoms with Gasteiger partial charge in [0.15, 0.2) is 0 Å². The molecular formula is C13H16F2N2O. The molecule has 0 bridgehead atoms. The SMILES string of the molecule is C[C@H]1CN(C(=O)Cc2c(F)cccc2F)CCN1. The van der Waals surface area contributed by atoms with E-state index in [2.05, 4.69) is 5.32 Å². The molecule has 0 aromatic heterocycles. The van der Waals surface area contributed by atoms with Gasteiger partial charge in [-0.1, -0.05) is 6.07 Å². The fraction of sp³-hybridized carbons (Fsp3) is 0.462. The van der Waals surface area contributed by atoms with E-state index in [0.717, 1.165) is 0 Å². The Balaban J connectivity index is 2.07. The third kappa shape index (κ3) is 2.85. The monoisotopic (exact) mass is 254 g/mol. The molecule has 1 aromatic carbocycles. The maximum atomic E-state index is 13.4. The van der Waals surface area contributed by atoms with Gasteiger partial charge in [-0.25, -0.2) is 8.78 Å².